The van der Waals surface area contributed by atoms with Gasteiger partial charge in [0.25, 0.3) is 0 Å². The number of nitrogens with one attached hydrogen (secondary N) is 1. The molecule has 6 heteroatoms. The van der Waals surface area contributed by atoms with Gasteiger partial charge in [-0.2, -0.15) is 0 Å². The van der Waals surface area contributed by atoms with Crippen LogP contribution >= 0.6 is 0 Å². The molecular formula is C7H13NO4S. The molecule has 1 saturated heterocycles. The Morgan fingerprint density at radius 1 is 1.54 bits per heavy atom. The topological polar surface area (TPSA) is 72.5 Å². The van der Waals surface area contributed by atoms with Crippen LogP contribution in [-0.2, 0) is 19.4 Å². The molecule has 1 rings (SSSR count). The maximum absolute atomic E-state index is 11.3. The van der Waals surface area contributed by atoms with Crippen LogP contribution in [0.4, 0.5) is 0 Å². The van der Waals surface area contributed by atoms with Gasteiger partial charge in [-0.25, -0.2) is 8.42 Å². The Labute approximate surface area is 77.4 Å². The SMILES string of the molecule is CNC1(C(=O)OC)CCS(=O)(=O)C1. The molecule has 0 radical (unpaired) electrons. The van der Waals surface area contributed by atoms with Gasteiger partial charge in [-0.15, -0.1) is 0 Å². The highest BCUT2D eigenvalue weighted by molar-refractivity contribution is 7.91. The van der Waals surface area contributed by atoms with Crippen LogP contribution in [0, 0.1) is 0 Å². The van der Waals surface area contributed by atoms with Gasteiger partial charge in [0.05, 0.1) is 18.6 Å². The molecule has 0 amide bonds. The first-order valence-electron chi connectivity index (χ1n) is 3.93. The Morgan fingerprint density at radius 3 is 2.46 bits per heavy atom. The Balaban J connectivity index is 2.92. The van der Waals surface area contributed by atoms with Gasteiger partial charge in [-0.05, 0) is 13.5 Å². The molecule has 13 heavy (non-hydrogen) atoms. The lowest BCUT2D eigenvalue weighted by atomic mass is 10.00. The summed E-state index contributed by atoms with van der Waals surface area (Å²) in [6, 6.07) is 0. The molecule has 0 saturated carbocycles. The van der Waals surface area contributed by atoms with Crippen molar-refractivity contribution in [3.63, 3.8) is 0 Å². The summed E-state index contributed by atoms with van der Waals surface area (Å²) in [5, 5.41) is 2.73. The molecule has 0 aromatic carbocycles. The van der Waals surface area contributed by atoms with E-state index >= 15 is 0 Å². The predicted octanol–water partition coefficient (Wildman–Crippen LogP) is -1.06. The summed E-state index contributed by atoms with van der Waals surface area (Å²) in [5.41, 5.74) is -1.02. The van der Waals surface area contributed by atoms with Crippen molar-refractivity contribution in [1.29, 1.82) is 0 Å². The molecule has 1 aliphatic rings. The molecular weight excluding hydrogens is 194 g/mol. The lowest BCUT2D eigenvalue weighted by Crippen LogP contribution is -2.52. The standard InChI is InChI=1S/C7H13NO4S/c1-8-7(6(9)12-2)3-4-13(10,11)5-7/h8H,3-5H2,1-2H3. The molecule has 5 nitrogen and oxygen atoms in total. The zero-order valence-corrected chi connectivity index (χ0v) is 8.48. The van der Waals surface area contributed by atoms with Gasteiger partial charge in [0.1, 0.15) is 5.54 Å². The monoisotopic (exact) mass is 207 g/mol. The van der Waals surface area contributed by atoms with E-state index in [2.05, 4.69) is 10.1 Å². The molecule has 0 aromatic rings. The van der Waals surface area contributed by atoms with E-state index in [1.54, 1.807) is 7.05 Å². The molecule has 1 N–H and O–H groups in total. The molecule has 1 fully saturated rings. The quantitative estimate of drug-likeness (QED) is 0.584. The van der Waals surface area contributed by atoms with Crippen molar-refractivity contribution in [1.82, 2.24) is 5.32 Å². The molecule has 1 unspecified atom stereocenters. The number of hydrogen-bond donors (Lipinski definition) is 1. The molecule has 1 heterocycles. The van der Waals surface area contributed by atoms with Crippen LogP contribution in [0.2, 0.25) is 0 Å². The minimum atomic E-state index is -3.08. The van der Waals surface area contributed by atoms with E-state index in [0.717, 1.165) is 0 Å². The summed E-state index contributed by atoms with van der Waals surface area (Å²) in [5.74, 6) is -0.623. The van der Waals surface area contributed by atoms with Crippen molar-refractivity contribution in [2.24, 2.45) is 0 Å². The fourth-order valence-electron chi connectivity index (χ4n) is 1.51. The maximum Gasteiger partial charge on any atom is 0.327 e. The number of likely N-dealkylation sites (N-methyl/N-ethyl adjacent to an activating group) is 1. The first kappa shape index (κ1) is 10.5. The van der Waals surface area contributed by atoms with E-state index in [9.17, 15) is 13.2 Å². The number of rotatable bonds is 2. The second-order valence-corrected chi connectivity index (χ2v) is 5.35. The van der Waals surface area contributed by atoms with Crippen LogP contribution in [0.25, 0.3) is 0 Å². The average Bonchev–Trinajstić information content (AvgIpc) is 2.41. The second-order valence-electron chi connectivity index (χ2n) is 3.17. The summed E-state index contributed by atoms with van der Waals surface area (Å²) >= 11 is 0. The largest absolute Gasteiger partial charge is 0.468 e. The smallest absolute Gasteiger partial charge is 0.327 e. The van der Waals surface area contributed by atoms with Crippen molar-refractivity contribution < 1.29 is 17.9 Å². The first-order chi connectivity index (χ1) is 5.96. The highest BCUT2D eigenvalue weighted by Crippen LogP contribution is 2.24. The van der Waals surface area contributed by atoms with Gasteiger partial charge in [0.2, 0.25) is 0 Å². The third-order valence-electron chi connectivity index (χ3n) is 2.36. The van der Waals surface area contributed by atoms with E-state index in [1.807, 2.05) is 0 Å². The fraction of sp³-hybridized carbons (Fsp3) is 0.857. The summed E-state index contributed by atoms with van der Waals surface area (Å²) in [6.07, 6.45) is 0.290. The highest BCUT2D eigenvalue weighted by atomic mass is 32.2. The minimum Gasteiger partial charge on any atom is -0.468 e. The minimum absolute atomic E-state index is 0.0446. The van der Waals surface area contributed by atoms with Crippen LogP contribution in [0.5, 0.6) is 0 Å². The average molecular weight is 207 g/mol. The van der Waals surface area contributed by atoms with Gasteiger partial charge in [-0.1, -0.05) is 0 Å². The number of hydrogen-bond acceptors (Lipinski definition) is 5. The normalized spacial score (nSPS) is 31.5. The lowest BCUT2D eigenvalue weighted by molar-refractivity contribution is -0.147. The second kappa shape index (κ2) is 3.26. The van der Waals surface area contributed by atoms with Crippen LogP contribution in [0.15, 0.2) is 0 Å². The van der Waals surface area contributed by atoms with E-state index in [0.29, 0.717) is 6.42 Å². The van der Waals surface area contributed by atoms with Crippen molar-refractivity contribution >= 4 is 15.8 Å². The van der Waals surface area contributed by atoms with E-state index in [4.69, 9.17) is 0 Å². The Kier molecular flexibility index (Phi) is 2.63. The van der Waals surface area contributed by atoms with Gasteiger partial charge < -0.3 is 10.1 Å². The van der Waals surface area contributed by atoms with Gasteiger partial charge in [0.15, 0.2) is 9.84 Å². The lowest BCUT2D eigenvalue weighted by Gasteiger charge is -2.23. The van der Waals surface area contributed by atoms with E-state index in [-0.39, 0.29) is 11.5 Å². The maximum atomic E-state index is 11.3. The molecule has 0 spiro atoms. The van der Waals surface area contributed by atoms with Gasteiger partial charge in [0, 0.05) is 0 Å². The molecule has 1 atom stereocenters. The van der Waals surface area contributed by atoms with Gasteiger partial charge in [-0.3, -0.25) is 4.79 Å². The summed E-state index contributed by atoms with van der Waals surface area (Å²) in [7, 11) is -0.261. The van der Waals surface area contributed by atoms with Crippen molar-refractivity contribution in [3.05, 3.63) is 0 Å². The number of sulfone groups is 1. The Morgan fingerprint density at radius 2 is 2.15 bits per heavy atom. The van der Waals surface area contributed by atoms with Gasteiger partial charge >= 0.3 is 5.97 Å². The number of esters is 1. The third kappa shape index (κ3) is 1.83. The van der Waals surface area contributed by atoms with Crippen LogP contribution < -0.4 is 5.32 Å². The summed E-state index contributed by atoms with van der Waals surface area (Å²) in [4.78, 5) is 11.3. The van der Waals surface area contributed by atoms with Crippen LogP contribution in [0.3, 0.4) is 0 Å². The highest BCUT2D eigenvalue weighted by Gasteiger charge is 2.47. The van der Waals surface area contributed by atoms with Crippen LogP contribution in [-0.4, -0.2) is 45.6 Å². The summed E-state index contributed by atoms with van der Waals surface area (Å²) < 4.78 is 26.9. The first-order valence-corrected chi connectivity index (χ1v) is 5.76. The Hall–Kier alpha value is -0.620. The summed E-state index contributed by atoms with van der Waals surface area (Å²) in [6.45, 7) is 0. The zero-order valence-electron chi connectivity index (χ0n) is 7.66. The van der Waals surface area contributed by atoms with Crippen molar-refractivity contribution in [3.8, 4) is 0 Å². The number of ether oxygens (including phenoxy) is 1. The third-order valence-corrected chi connectivity index (χ3v) is 4.12. The zero-order chi connectivity index (χ0) is 10.1. The molecule has 0 aromatic heterocycles. The number of methoxy groups -OCH3 is 1. The van der Waals surface area contributed by atoms with Crippen molar-refractivity contribution in [2.45, 2.75) is 12.0 Å². The number of carbonyl (C=O) groups excluding carboxylic acids is 1. The number of carbonyl (C=O) groups is 1. The molecule has 76 valence electrons. The molecule has 0 bridgehead atoms. The fourth-order valence-corrected chi connectivity index (χ4v) is 3.47. The van der Waals surface area contributed by atoms with Crippen LogP contribution in [0.1, 0.15) is 6.42 Å². The molecule has 0 aliphatic carbocycles. The van der Waals surface area contributed by atoms with E-state index < -0.39 is 21.3 Å². The van der Waals surface area contributed by atoms with Crippen molar-refractivity contribution in [2.75, 3.05) is 25.7 Å². The Bertz CT molecular complexity index is 310. The van der Waals surface area contributed by atoms with E-state index in [1.165, 1.54) is 7.11 Å². The predicted molar refractivity (Wildman–Crippen MR) is 47.1 cm³/mol. The molecule has 1 aliphatic heterocycles.